The van der Waals surface area contributed by atoms with Gasteiger partial charge >= 0.3 is 18.9 Å². The summed E-state index contributed by atoms with van der Waals surface area (Å²) >= 11 is 0. The van der Waals surface area contributed by atoms with Gasteiger partial charge in [0.15, 0.2) is 0 Å². The summed E-state index contributed by atoms with van der Waals surface area (Å²) in [6, 6.07) is 9.69. The normalized spacial score (nSPS) is 10.5. The molecule has 0 aliphatic rings. The smallest absolute Gasteiger partial charge is 0.616 e. The van der Waals surface area contributed by atoms with Crippen molar-refractivity contribution in [1.29, 1.82) is 0 Å². The molecule has 0 aromatic heterocycles. The zero-order chi connectivity index (χ0) is 7.40. The SMILES string of the molecule is C/C(=N\[NH-])c1ccccc1.[Li+]. The molecule has 0 unspecified atom stereocenters. The number of benzene rings is 1. The molecular formula is C8H9LiN2. The molecule has 0 heterocycles. The maximum Gasteiger partial charge on any atom is 1.00 e. The molecule has 0 radical (unpaired) electrons. The third-order valence-electron chi connectivity index (χ3n) is 1.36. The van der Waals surface area contributed by atoms with E-state index in [1.165, 1.54) is 0 Å². The van der Waals surface area contributed by atoms with Crippen molar-refractivity contribution in [2.75, 3.05) is 0 Å². The van der Waals surface area contributed by atoms with Gasteiger partial charge in [-0.15, -0.1) is 0 Å². The van der Waals surface area contributed by atoms with Crippen molar-refractivity contribution < 1.29 is 18.9 Å². The summed E-state index contributed by atoms with van der Waals surface area (Å²) in [5.74, 6) is 6.73. The Hall–Kier alpha value is -0.713. The number of hydrogen-bond acceptors (Lipinski definition) is 1. The Labute approximate surface area is 78.7 Å². The molecule has 0 atom stereocenters. The van der Waals surface area contributed by atoms with E-state index in [2.05, 4.69) is 5.10 Å². The van der Waals surface area contributed by atoms with E-state index < -0.39 is 0 Å². The molecule has 0 saturated carbocycles. The first kappa shape index (κ1) is 10.3. The van der Waals surface area contributed by atoms with Crippen LogP contribution in [0.25, 0.3) is 5.84 Å². The van der Waals surface area contributed by atoms with Crippen molar-refractivity contribution in [3.63, 3.8) is 0 Å². The topological polar surface area (TPSA) is 36.2 Å². The molecule has 0 aliphatic carbocycles. The van der Waals surface area contributed by atoms with Gasteiger partial charge in [-0.2, -0.15) is 0 Å². The van der Waals surface area contributed by atoms with E-state index in [9.17, 15) is 0 Å². The van der Waals surface area contributed by atoms with Gasteiger partial charge in [0.25, 0.3) is 0 Å². The standard InChI is InChI=1S/C8H9N2.Li/c1-7(10-9)8-5-3-2-4-6-8;/h2-6,9H,1H3;/q-1;+1/b10-7+;. The quantitative estimate of drug-likeness (QED) is 0.285. The third kappa shape index (κ3) is 2.79. The van der Waals surface area contributed by atoms with Gasteiger partial charge in [0.2, 0.25) is 0 Å². The van der Waals surface area contributed by atoms with Gasteiger partial charge in [0.05, 0.1) is 0 Å². The summed E-state index contributed by atoms with van der Waals surface area (Å²) < 4.78 is 0. The van der Waals surface area contributed by atoms with E-state index in [-0.39, 0.29) is 18.9 Å². The van der Waals surface area contributed by atoms with Crippen LogP contribution in [0.2, 0.25) is 0 Å². The van der Waals surface area contributed by atoms with Crippen molar-refractivity contribution in [2.45, 2.75) is 6.92 Å². The summed E-state index contributed by atoms with van der Waals surface area (Å²) in [6.07, 6.45) is 0. The van der Waals surface area contributed by atoms with Gasteiger partial charge < -0.3 is 10.9 Å². The molecule has 52 valence electrons. The van der Waals surface area contributed by atoms with Crippen LogP contribution in [0.3, 0.4) is 0 Å². The third-order valence-corrected chi connectivity index (χ3v) is 1.36. The van der Waals surface area contributed by atoms with E-state index in [0.717, 1.165) is 11.3 Å². The van der Waals surface area contributed by atoms with Gasteiger partial charge in [0.1, 0.15) is 0 Å². The summed E-state index contributed by atoms with van der Waals surface area (Å²) in [4.78, 5) is 0. The average Bonchev–Trinajstić information content (AvgIpc) is 2.05. The minimum atomic E-state index is 0. The number of hydrogen-bond donors (Lipinski definition) is 0. The molecule has 0 bridgehead atoms. The number of nitrogens with zero attached hydrogens (tertiary/aromatic N) is 1. The fraction of sp³-hybridized carbons (Fsp3) is 0.125. The van der Waals surface area contributed by atoms with Crippen LogP contribution < -0.4 is 18.9 Å². The summed E-state index contributed by atoms with van der Waals surface area (Å²) in [5.41, 5.74) is 1.76. The van der Waals surface area contributed by atoms with Crippen molar-refractivity contribution >= 4 is 5.71 Å². The Balaban J connectivity index is 0.000001000. The molecule has 0 fully saturated rings. The Morgan fingerprint density at radius 1 is 1.27 bits per heavy atom. The van der Waals surface area contributed by atoms with E-state index in [4.69, 9.17) is 5.84 Å². The molecule has 3 heteroatoms. The zero-order valence-corrected chi connectivity index (χ0v) is 6.83. The fourth-order valence-electron chi connectivity index (χ4n) is 0.744. The van der Waals surface area contributed by atoms with Gasteiger partial charge in [-0.05, 0) is 12.5 Å². The summed E-state index contributed by atoms with van der Waals surface area (Å²) in [6.45, 7) is 1.82. The first-order valence-electron chi connectivity index (χ1n) is 3.11. The Morgan fingerprint density at radius 2 is 1.82 bits per heavy atom. The number of rotatable bonds is 1. The van der Waals surface area contributed by atoms with Crippen LogP contribution in [0.5, 0.6) is 0 Å². The molecule has 0 aliphatic heterocycles. The van der Waals surface area contributed by atoms with E-state index in [0.29, 0.717) is 0 Å². The molecule has 0 saturated heterocycles. The molecular weight excluding hydrogens is 131 g/mol. The first-order valence-corrected chi connectivity index (χ1v) is 3.11. The second kappa shape index (κ2) is 5.01. The zero-order valence-electron chi connectivity index (χ0n) is 6.83. The molecule has 1 aromatic carbocycles. The van der Waals surface area contributed by atoms with Crippen LogP contribution in [0.15, 0.2) is 35.4 Å². The van der Waals surface area contributed by atoms with Crippen molar-refractivity contribution in [3.05, 3.63) is 41.7 Å². The van der Waals surface area contributed by atoms with E-state index in [1.54, 1.807) is 0 Å². The average molecular weight is 140 g/mol. The first-order chi connectivity index (χ1) is 4.84. The minimum absolute atomic E-state index is 0. The molecule has 11 heavy (non-hydrogen) atoms. The Bertz CT molecular complexity index is 231. The van der Waals surface area contributed by atoms with Crippen LogP contribution in [0.1, 0.15) is 12.5 Å². The predicted molar refractivity (Wildman–Crippen MR) is 43.0 cm³/mol. The summed E-state index contributed by atoms with van der Waals surface area (Å²) in [5, 5.41) is 3.33. The van der Waals surface area contributed by atoms with Crippen LogP contribution in [-0.2, 0) is 0 Å². The Morgan fingerprint density at radius 3 is 2.27 bits per heavy atom. The minimum Gasteiger partial charge on any atom is -0.616 e. The van der Waals surface area contributed by atoms with E-state index in [1.807, 2.05) is 37.3 Å². The van der Waals surface area contributed by atoms with Crippen LogP contribution in [0.4, 0.5) is 0 Å². The van der Waals surface area contributed by atoms with Gasteiger partial charge in [-0.1, -0.05) is 30.3 Å². The van der Waals surface area contributed by atoms with Gasteiger partial charge in [-0.3, -0.25) is 0 Å². The molecule has 0 spiro atoms. The predicted octanol–water partition coefficient (Wildman–Crippen LogP) is -0.533. The van der Waals surface area contributed by atoms with Crippen molar-refractivity contribution in [2.24, 2.45) is 5.10 Å². The molecule has 1 aromatic rings. The second-order valence-electron chi connectivity index (χ2n) is 2.06. The second-order valence-corrected chi connectivity index (χ2v) is 2.06. The maximum absolute atomic E-state index is 6.73. The fourth-order valence-corrected chi connectivity index (χ4v) is 0.744. The van der Waals surface area contributed by atoms with Crippen molar-refractivity contribution in [1.82, 2.24) is 0 Å². The number of nitrogens with one attached hydrogen (secondary N) is 1. The molecule has 0 amide bonds. The van der Waals surface area contributed by atoms with Crippen molar-refractivity contribution in [3.8, 4) is 0 Å². The largest absolute Gasteiger partial charge is 1.00 e. The van der Waals surface area contributed by atoms with Crippen LogP contribution >= 0.6 is 0 Å². The monoisotopic (exact) mass is 140 g/mol. The summed E-state index contributed by atoms with van der Waals surface area (Å²) in [7, 11) is 0. The van der Waals surface area contributed by atoms with Gasteiger partial charge in [-0.25, -0.2) is 0 Å². The van der Waals surface area contributed by atoms with Crippen LogP contribution in [-0.4, -0.2) is 5.71 Å². The maximum atomic E-state index is 6.73. The van der Waals surface area contributed by atoms with Gasteiger partial charge in [0, 0.05) is 5.71 Å². The van der Waals surface area contributed by atoms with E-state index >= 15 is 0 Å². The Kier molecular flexibility index (Phi) is 4.68. The molecule has 1 rings (SSSR count). The van der Waals surface area contributed by atoms with Crippen LogP contribution in [0, 0.1) is 0 Å². The molecule has 2 nitrogen and oxygen atoms in total. The molecule has 1 N–H and O–H groups in total.